The summed E-state index contributed by atoms with van der Waals surface area (Å²) < 4.78 is 13.0. The summed E-state index contributed by atoms with van der Waals surface area (Å²) in [5.41, 5.74) is 0. The van der Waals surface area contributed by atoms with Crippen molar-refractivity contribution in [3.8, 4) is 0 Å². The zero-order chi connectivity index (χ0) is 11.1. The van der Waals surface area contributed by atoms with Gasteiger partial charge in [0.1, 0.15) is 12.7 Å². The van der Waals surface area contributed by atoms with Crippen LogP contribution in [-0.2, 0) is 4.79 Å². The van der Waals surface area contributed by atoms with Crippen molar-refractivity contribution in [2.75, 3.05) is 13.1 Å². The van der Waals surface area contributed by atoms with E-state index < -0.39 is 24.8 Å². The highest BCUT2D eigenvalue weighted by Gasteiger charge is 2.19. The molecule has 0 spiro atoms. The van der Waals surface area contributed by atoms with Crippen LogP contribution in [0, 0.1) is 0 Å². The number of halogens is 1. The predicted octanol–water partition coefficient (Wildman–Crippen LogP) is 1.19. The first-order valence-electron chi connectivity index (χ1n) is 4.31. The second-order valence-electron chi connectivity index (χ2n) is 2.94. The second kappa shape index (κ2) is 6.17. The molecule has 0 saturated carbocycles. The molecule has 0 aromatic carbocycles. The fourth-order valence-electron chi connectivity index (χ4n) is 1.02. The van der Waals surface area contributed by atoms with E-state index in [4.69, 9.17) is 10.2 Å². The minimum Gasteiger partial charge on any atom is -0.480 e. The molecule has 1 unspecified atom stereocenters. The summed E-state index contributed by atoms with van der Waals surface area (Å²) in [5.74, 6) is -1.28. The Balaban J connectivity index is 4.08. The molecular formula is C8H14FNO4. The lowest BCUT2D eigenvalue weighted by Gasteiger charge is -2.18. The molecule has 1 amide bonds. The molecule has 0 aromatic heterocycles. The standard InChI is InChI=1S/C8H14FNO4/c1-2-3-6(9)4-10(8(13)14)5-7(11)12/h6H,2-5H2,1H3,(H,11,12)(H,13,14). The van der Waals surface area contributed by atoms with E-state index in [1.165, 1.54) is 0 Å². The quantitative estimate of drug-likeness (QED) is 0.685. The minimum atomic E-state index is -1.41. The van der Waals surface area contributed by atoms with Crippen molar-refractivity contribution in [3.05, 3.63) is 0 Å². The highest BCUT2D eigenvalue weighted by molar-refractivity contribution is 5.75. The van der Waals surface area contributed by atoms with Crippen molar-refractivity contribution in [2.45, 2.75) is 25.9 Å². The van der Waals surface area contributed by atoms with Crippen LogP contribution < -0.4 is 0 Å². The number of carbonyl (C=O) groups is 2. The Morgan fingerprint density at radius 2 is 2.00 bits per heavy atom. The normalized spacial score (nSPS) is 12.1. The van der Waals surface area contributed by atoms with E-state index >= 15 is 0 Å². The number of hydrogen-bond donors (Lipinski definition) is 2. The summed E-state index contributed by atoms with van der Waals surface area (Å²) in [6.07, 6.45) is -1.87. The smallest absolute Gasteiger partial charge is 0.407 e. The Kier molecular flexibility index (Phi) is 5.59. The molecule has 5 nitrogen and oxygen atoms in total. The fraction of sp³-hybridized carbons (Fsp3) is 0.750. The van der Waals surface area contributed by atoms with E-state index in [9.17, 15) is 14.0 Å². The van der Waals surface area contributed by atoms with E-state index in [1.54, 1.807) is 6.92 Å². The first-order valence-corrected chi connectivity index (χ1v) is 4.31. The van der Waals surface area contributed by atoms with E-state index in [2.05, 4.69) is 0 Å². The molecule has 0 aromatic rings. The van der Waals surface area contributed by atoms with Crippen LogP contribution in [0.1, 0.15) is 19.8 Å². The number of rotatable bonds is 6. The highest BCUT2D eigenvalue weighted by Crippen LogP contribution is 2.04. The highest BCUT2D eigenvalue weighted by atomic mass is 19.1. The zero-order valence-electron chi connectivity index (χ0n) is 7.94. The number of alkyl halides is 1. The van der Waals surface area contributed by atoms with Gasteiger partial charge < -0.3 is 10.2 Å². The molecule has 0 aliphatic rings. The van der Waals surface area contributed by atoms with Gasteiger partial charge in [-0.25, -0.2) is 9.18 Å². The Labute approximate surface area is 81.1 Å². The summed E-state index contributed by atoms with van der Waals surface area (Å²) >= 11 is 0. The lowest BCUT2D eigenvalue weighted by Crippen LogP contribution is -2.38. The van der Waals surface area contributed by atoms with Gasteiger partial charge in [-0.1, -0.05) is 13.3 Å². The minimum absolute atomic E-state index is 0.239. The topological polar surface area (TPSA) is 77.8 Å². The van der Waals surface area contributed by atoms with Crippen LogP contribution in [0.15, 0.2) is 0 Å². The molecule has 0 radical (unpaired) electrons. The van der Waals surface area contributed by atoms with Gasteiger partial charge in [-0.05, 0) is 6.42 Å². The monoisotopic (exact) mass is 207 g/mol. The molecule has 6 heteroatoms. The van der Waals surface area contributed by atoms with Gasteiger partial charge in [-0.15, -0.1) is 0 Å². The van der Waals surface area contributed by atoms with Crippen LogP contribution in [0.5, 0.6) is 0 Å². The van der Waals surface area contributed by atoms with Crippen LogP contribution in [0.4, 0.5) is 9.18 Å². The number of carboxylic acids is 1. The average molecular weight is 207 g/mol. The lowest BCUT2D eigenvalue weighted by molar-refractivity contribution is -0.138. The summed E-state index contributed by atoms with van der Waals surface area (Å²) in [5, 5.41) is 16.9. The predicted molar refractivity (Wildman–Crippen MR) is 47.0 cm³/mol. The maximum Gasteiger partial charge on any atom is 0.407 e. The number of amides is 1. The Morgan fingerprint density at radius 1 is 1.43 bits per heavy atom. The van der Waals surface area contributed by atoms with E-state index in [0.29, 0.717) is 11.3 Å². The molecule has 0 aliphatic carbocycles. The van der Waals surface area contributed by atoms with Crippen molar-refractivity contribution < 1.29 is 24.2 Å². The molecule has 0 aliphatic heterocycles. The third kappa shape index (κ3) is 5.34. The van der Waals surface area contributed by atoms with Crippen LogP contribution in [0.25, 0.3) is 0 Å². The second-order valence-corrected chi connectivity index (χ2v) is 2.94. The molecule has 1 atom stereocenters. The Bertz CT molecular complexity index is 210. The van der Waals surface area contributed by atoms with E-state index in [-0.39, 0.29) is 13.0 Å². The maximum atomic E-state index is 13.0. The zero-order valence-corrected chi connectivity index (χ0v) is 7.94. The van der Waals surface area contributed by atoms with Gasteiger partial charge >= 0.3 is 12.1 Å². The third-order valence-electron chi connectivity index (χ3n) is 1.62. The van der Waals surface area contributed by atoms with Crippen molar-refractivity contribution in [3.63, 3.8) is 0 Å². The lowest BCUT2D eigenvalue weighted by atomic mass is 10.2. The van der Waals surface area contributed by atoms with Gasteiger partial charge in [0, 0.05) is 0 Å². The Morgan fingerprint density at radius 3 is 2.36 bits per heavy atom. The van der Waals surface area contributed by atoms with Crippen molar-refractivity contribution in [2.24, 2.45) is 0 Å². The van der Waals surface area contributed by atoms with Gasteiger partial charge in [0.2, 0.25) is 0 Å². The summed E-state index contributed by atoms with van der Waals surface area (Å²) in [7, 11) is 0. The first kappa shape index (κ1) is 12.7. The van der Waals surface area contributed by atoms with Gasteiger partial charge in [-0.3, -0.25) is 9.69 Å². The molecule has 0 saturated heterocycles. The van der Waals surface area contributed by atoms with E-state index in [1.807, 2.05) is 0 Å². The van der Waals surface area contributed by atoms with Crippen LogP contribution in [-0.4, -0.2) is 46.4 Å². The van der Waals surface area contributed by atoms with Crippen molar-refractivity contribution in [1.29, 1.82) is 0 Å². The molecule has 14 heavy (non-hydrogen) atoms. The van der Waals surface area contributed by atoms with Crippen molar-refractivity contribution in [1.82, 2.24) is 4.90 Å². The molecule has 0 rings (SSSR count). The Hall–Kier alpha value is -1.33. The SMILES string of the molecule is CCCC(F)CN(CC(=O)O)C(=O)O. The number of hydrogen-bond acceptors (Lipinski definition) is 2. The van der Waals surface area contributed by atoms with Gasteiger partial charge in [0.25, 0.3) is 0 Å². The largest absolute Gasteiger partial charge is 0.480 e. The molecule has 0 heterocycles. The number of aliphatic carboxylic acids is 1. The van der Waals surface area contributed by atoms with Crippen LogP contribution >= 0.6 is 0 Å². The number of carboxylic acid groups (broad SMARTS) is 2. The van der Waals surface area contributed by atoms with Gasteiger partial charge in [-0.2, -0.15) is 0 Å². The van der Waals surface area contributed by atoms with Crippen LogP contribution in [0.3, 0.4) is 0 Å². The van der Waals surface area contributed by atoms with Gasteiger partial charge in [0.15, 0.2) is 0 Å². The summed E-state index contributed by atoms with van der Waals surface area (Å²) in [4.78, 5) is 21.3. The van der Waals surface area contributed by atoms with E-state index in [0.717, 1.165) is 0 Å². The fourth-order valence-corrected chi connectivity index (χ4v) is 1.02. The summed E-state index contributed by atoms with van der Waals surface area (Å²) in [6.45, 7) is 0.712. The average Bonchev–Trinajstić information content (AvgIpc) is 2.02. The first-order chi connectivity index (χ1) is 6.47. The number of nitrogens with zero attached hydrogens (tertiary/aromatic N) is 1. The van der Waals surface area contributed by atoms with Crippen LogP contribution in [0.2, 0.25) is 0 Å². The molecule has 2 N–H and O–H groups in total. The molecule has 0 fully saturated rings. The molecule has 82 valence electrons. The third-order valence-corrected chi connectivity index (χ3v) is 1.62. The van der Waals surface area contributed by atoms with Crippen molar-refractivity contribution >= 4 is 12.1 Å². The molecular weight excluding hydrogens is 193 g/mol. The summed E-state index contributed by atoms with van der Waals surface area (Å²) in [6, 6.07) is 0. The molecule has 0 bridgehead atoms. The van der Waals surface area contributed by atoms with Gasteiger partial charge in [0.05, 0.1) is 6.54 Å². The maximum absolute atomic E-state index is 13.0.